The van der Waals surface area contributed by atoms with Gasteiger partial charge in [-0.1, -0.05) is 0 Å². The number of ether oxygens (including phenoxy) is 1. The van der Waals surface area contributed by atoms with Gasteiger partial charge in [-0.05, 0) is 26.3 Å². The number of nitrogens with zero attached hydrogens (tertiary/aromatic N) is 2. The van der Waals surface area contributed by atoms with E-state index in [4.69, 9.17) is 4.74 Å². The minimum Gasteiger partial charge on any atom is -0.466 e. The first kappa shape index (κ1) is 15.0. The molecule has 0 bridgehead atoms. The molecule has 1 atom stereocenters. The molecule has 1 fully saturated rings. The zero-order chi connectivity index (χ0) is 13.5. The third-order valence-corrected chi connectivity index (χ3v) is 3.27. The van der Waals surface area contributed by atoms with Gasteiger partial charge in [-0.2, -0.15) is 0 Å². The van der Waals surface area contributed by atoms with Crippen LogP contribution in [0.4, 0.5) is 0 Å². The monoisotopic (exact) mass is 256 g/mol. The zero-order valence-corrected chi connectivity index (χ0v) is 11.6. The molecule has 1 aliphatic heterocycles. The van der Waals surface area contributed by atoms with Crippen molar-refractivity contribution >= 4 is 11.9 Å². The van der Waals surface area contributed by atoms with Crippen LogP contribution in [0.2, 0.25) is 0 Å². The van der Waals surface area contributed by atoms with Crippen LogP contribution in [0.1, 0.15) is 26.2 Å². The predicted octanol–water partition coefficient (Wildman–Crippen LogP) is 0.740. The van der Waals surface area contributed by atoms with Crippen molar-refractivity contribution in [3.63, 3.8) is 0 Å². The smallest absolute Gasteiger partial charge is 0.310 e. The van der Waals surface area contributed by atoms with Crippen molar-refractivity contribution in [3.8, 4) is 0 Å². The van der Waals surface area contributed by atoms with Crippen LogP contribution in [0, 0.1) is 5.92 Å². The fourth-order valence-electron chi connectivity index (χ4n) is 2.19. The van der Waals surface area contributed by atoms with E-state index < -0.39 is 0 Å². The summed E-state index contributed by atoms with van der Waals surface area (Å²) in [6.45, 7) is 4.69. The molecule has 0 saturated carbocycles. The SMILES string of the molecule is CCOC(=O)[C@H]1CCCN(CCC(=O)N(C)C)C1. The molecular weight excluding hydrogens is 232 g/mol. The summed E-state index contributed by atoms with van der Waals surface area (Å²) in [5.41, 5.74) is 0. The maximum absolute atomic E-state index is 11.7. The van der Waals surface area contributed by atoms with Gasteiger partial charge in [0.2, 0.25) is 5.91 Å². The topological polar surface area (TPSA) is 49.9 Å². The van der Waals surface area contributed by atoms with Crippen molar-refractivity contribution in [2.45, 2.75) is 26.2 Å². The zero-order valence-electron chi connectivity index (χ0n) is 11.6. The first-order valence-electron chi connectivity index (χ1n) is 6.63. The second-order valence-corrected chi connectivity index (χ2v) is 4.93. The first-order chi connectivity index (χ1) is 8.54. The number of hydrogen-bond donors (Lipinski definition) is 0. The Kier molecular flexibility index (Phi) is 6.12. The number of likely N-dealkylation sites (tertiary alicyclic amines) is 1. The Morgan fingerprint density at radius 3 is 2.72 bits per heavy atom. The molecule has 104 valence electrons. The van der Waals surface area contributed by atoms with Crippen LogP contribution in [0.5, 0.6) is 0 Å². The lowest BCUT2D eigenvalue weighted by atomic mass is 9.98. The fourth-order valence-corrected chi connectivity index (χ4v) is 2.19. The molecule has 1 saturated heterocycles. The highest BCUT2D eigenvalue weighted by atomic mass is 16.5. The van der Waals surface area contributed by atoms with Gasteiger partial charge >= 0.3 is 5.97 Å². The minimum atomic E-state index is -0.0962. The summed E-state index contributed by atoms with van der Waals surface area (Å²) in [5, 5.41) is 0. The van der Waals surface area contributed by atoms with Crippen LogP contribution in [-0.4, -0.2) is 62.0 Å². The van der Waals surface area contributed by atoms with E-state index in [9.17, 15) is 9.59 Å². The molecule has 1 rings (SSSR count). The van der Waals surface area contributed by atoms with Crippen LogP contribution >= 0.6 is 0 Å². The number of hydrogen-bond acceptors (Lipinski definition) is 4. The highest BCUT2D eigenvalue weighted by Gasteiger charge is 2.26. The van der Waals surface area contributed by atoms with Crippen molar-refractivity contribution in [2.24, 2.45) is 5.92 Å². The van der Waals surface area contributed by atoms with E-state index >= 15 is 0 Å². The number of carbonyl (C=O) groups is 2. The van der Waals surface area contributed by atoms with Crippen LogP contribution in [0.3, 0.4) is 0 Å². The second-order valence-electron chi connectivity index (χ2n) is 4.93. The summed E-state index contributed by atoms with van der Waals surface area (Å²) in [4.78, 5) is 27.0. The van der Waals surface area contributed by atoms with Gasteiger partial charge in [0.15, 0.2) is 0 Å². The summed E-state index contributed by atoms with van der Waals surface area (Å²) in [7, 11) is 3.53. The molecule has 0 radical (unpaired) electrons. The normalized spacial score (nSPS) is 20.5. The Hall–Kier alpha value is -1.10. The standard InChI is InChI=1S/C13H24N2O3/c1-4-18-13(17)11-6-5-8-15(10-11)9-7-12(16)14(2)3/h11H,4-10H2,1-3H3/t11-/m0/s1. The maximum Gasteiger partial charge on any atom is 0.310 e. The summed E-state index contributed by atoms with van der Waals surface area (Å²) < 4.78 is 5.05. The highest BCUT2D eigenvalue weighted by Crippen LogP contribution is 2.18. The highest BCUT2D eigenvalue weighted by molar-refractivity contribution is 5.75. The van der Waals surface area contributed by atoms with Crippen LogP contribution < -0.4 is 0 Å². The lowest BCUT2D eigenvalue weighted by molar-refractivity contribution is -0.149. The van der Waals surface area contributed by atoms with E-state index in [0.717, 1.165) is 32.5 Å². The molecule has 1 amide bonds. The third kappa shape index (κ3) is 4.64. The number of esters is 1. The lowest BCUT2D eigenvalue weighted by Gasteiger charge is -2.31. The quantitative estimate of drug-likeness (QED) is 0.681. The average Bonchev–Trinajstić information content (AvgIpc) is 2.36. The van der Waals surface area contributed by atoms with E-state index in [1.807, 2.05) is 6.92 Å². The fraction of sp³-hybridized carbons (Fsp3) is 0.846. The van der Waals surface area contributed by atoms with E-state index in [1.165, 1.54) is 0 Å². The van der Waals surface area contributed by atoms with Crippen LogP contribution in [-0.2, 0) is 14.3 Å². The third-order valence-electron chi connectivity index (χ3n) is 3.27. The van der Waals surface area contributed by atoms with E-state index in [1.54, 1.807) is 19.0 Å². The Morgan fingerprint density at radius 2 is 2.11 bits per heavy atom. The molecule has 0 aromatic carbocycles. The van der Waals surface area contributed by atoms with Crippen LogP contribution in [0.15, 0.2) is 0 Å². The van der Waals surface area contributed by atoms with Gasteiger partial charge in [0.25, 0.3) is 0 Å². The summed E-state index contributed by atoms with van der Waals surface area (Å²) in [6.07, 6.45) is 2.42. The van der Waals surface area contributed by atoms with Gasteiger partial charge in [-0.3, -0.25) is 9.59 Å². The molecule has 5 nitrogen and oxygen atoms in total. The van der Waals surface area contributed by atoms with Crippen molar-refractivity contribution in [3.05, 3.63) is 0 Å². The average molecular weight is 256 g/mol. The van der Waals surface area contributed by atoms with Gasteiger partial charge in [0, 0.05) is 33.6 Å². The van der Waals surface area contributed by atoms with Crippen molar-refractivity contribution < 1.29 is 14.3 Å². The minimum absolute atomic E-state index is 0.0202. The lowest BCUT2D eigenvalue weighted by Crippen LogP contribution is -2.41. The molecular formula is C13H24N2O3. The molecule has 0 unspecified atom stereocenters. The van der Waals surface area contributed by atoms with Crippen molar-refractivity contribution in [1.82, 2.24) is 9.80 Å². The van der Waals surface area contributed by atoms with Gasteiger partial charge in [-0.25, -0.2) is 0 Å². The van der Waals surface area contributed by atoms with Crippen molar-refractivity contribution in [2.75, 3.05) is 40.3 Å². The summed E-state index contributed by atoms with van der Waals surface area (Å²) >= 11 is 0. The molecule has 1 heterocycles. The van der Waals surface area contributed by atoms with Crippen molar-refractivity contribution in [1.29, 1.82) is 0 Å². The molecule has 18 heavy (non-hydrogen) atoms. The molecule has 0 aromatic heterocycles. The molecule has 5 heteroatoms. The Labute approximate surface area is 109 Å². The number of amides is 1. The maximum atomic E-state index is 11.7. The largest absolute Gasteiger partial charge is 0.466 e. The first-order valence-corrected chi connectivity index (χ1v) is 6.63. The van der Waals surface area contributed by atoms with E-state index in [2.05, 4.69) is 4.90 Å². The molecule has 0 N–H and O–H groups in total. The Morgan fingerprint density at radius 1 is 1.39 bits per heavy atom. The van der Waals surface area contributed by atoms with Gasteiger partial charge in [0.05, 0.1) is 12.5 Å². The Balaban J connectivity index is 2.35. The molecule has 1 aliphatic rings. The second kappa shape index (κ2) is 7.36. The molecule has 0 spiro atoms. The summed E-state index contributed by atoms with van der Waals surface area (Å²) in [5.74, 6) is 0.0163. The Bertz CT molecular complexity index is 292. The number of piperidine rings is 1. The molecule has 0 aromatic rings. The summed E-state index contributed by atoms with van der Waals surface area (Å²) in [6, 6.07) is 0. The van der Waals surface area contributed by atoms with Gasteiger partial charge in [0.1, 0.15) is 0 Å². The number of rotatable bonds is 5. The number of carbonyl (C=O) groups excluding carboxylic acids is 2. The predicted molar refractivity (Wildman–Crippen MR) is 69.1 cm³/mol. The van der Waals surface area contributed by atoms with Crippen LogP contribution in [0.25, 0.3) is 0 Å². The van der Waals surface area contributed by atoms with Gasteiger partial charge in [-0.15, -0.1) is 0 Å². The molecule has 0 aliphatic carbocycles. The van der Waals surface area contributed by atoms with E-state index in [0.29, 0.717) is 13.0 Å². The van der Waals surface area contributed by atoms with Gasteiger partial charge < -0.3 is 14.5 Å². The van der Waals surface area contributed by atoms with E-state index in [-0.39, 0.29) is 17.8 Å².